The van der Waals surface area contributed by atoms with Crippen LogP contribution < -0.4 is 10.6 Å². The molecular formula is C15H16ClF3N2O4S. The van der Waals surface area contributed by atoms with Crippen molar-refractivity contribution in [1.82, 2.24) is 5.32 Å². The summed E-state index contributed by atoms with van der Waals surface area (Å²) >= 11 is 10.7. The van der Waals surface area contributed by atoms with Crippen LogP contribution in [0.2, 0.25) is 5.02 Å². The summed E-state index contributed by atoms with van der Waals surface area (Å²) in [6.07, 6.45) is -4.93. The molecule has 1 amide bonds. The van der Waals surface area contributed by atoms with Gasteiger partial charge in [0.15, 0.2) is 5.11 Å². The van der Waals surface area contributed by atoms with Gasteiger partial charge in [0, 0.05) is 13.5 Å². The smallest absolute Gasteiger partial charge is 0.416 e. The van der Waals surface area contributed by atoms with E-state index < -0.39 is 23.6 Å². The van der Waals surface area contributed by atoms with Crippen molar-refractivity contribution in [2.24, 2.45) is 0 Å². The summed E-state index contributed by atoms with van der Waals surface area (Å²) in [6.45, 7) is 0.314. The summed E-state index contributed by atoms with van der Waals surface area (Å²) < 4.78 is 47.6. The molecule has 144 valence electrons. The van der Waals surface area contributed by atoms with E-state index in [4.69, 9.17) is 33.3 Å². The molecule has 0 atom stereocenters. The van der Waals surface area contributed by atoms with E-state index in [0.717, 1.165) is 18.2 Å². The van der Waals surface area contributed by atoms with Crippen molar-refractivity contribution in [1.29, 1.82) is 0 Å². The Hall–Kier alpha value is -1.91. The van der Waals surface area contributed by atoms with Gasteiger partial charge in [0.2, 0.25) is 5.91 Å². The van der Waals surface area contributed by atoms with Gasteiger partial charge in [-0.2, -0.15) is 13.2 Å². The maximum absolute atomic E-state index is 12.7. The summed E-state index contributed by atoms with van der Waals surface area (Å²) in [5.74, 6) is -1.19. The number of benzene rings is 1. The van der Waals surface area contributed by atoms with Gasteiger partial charge >= 0.3 is 12.1 Å². The fourth-order valence-corrected chi connectivity index (χ4v) is 2.06. The zero-order chi connectivity index (χ0) is 19.7. The topological polar surface area (TPSA) is 76.7 Å². The quantitative estimate of drug-likeness (QED) is 0.407. The number of nitrogens with one attached hydrogen (secondary N) is 2. The molecule has 0 fully saturated rings. The third-order valence-electron chi connectivity index (χ3n) is 2.90. The lowest BCUT2D eigenvalue weighted by molar-refractivity contribution is -0.146. The molecule has 0 aliphatic carbocycles. The zero-order valence-corrected chi connectivity index (χ0v) is 15.2. The number of rotatable bonds is 7. The van der Waals surface area contributed by atoms with Crippen LogP contribution in [0.1, 0.15) is 18.4 Å². The molecule has 0 bridgehead atoms. The first-order chi connectivity index (χ1) is 12.1. The first-order valence-electron chi connectivity index (χ1n) is 7.25. The fourth-order valence-electron chi connectivity index (χ4n) is 1.67. The maximum Gasteiger partial charge on any atom is 0.416 e. The number of alkyl halides is 3. The highest BCUT2D eigenvalue weighted by atomic mass is 35.5. The minimum atomic E-state index is -4.55. The maximum atomic E-state index is 12.7. The fraction of sp³-hybridized carbons (Fsp3) is 0.400. The Morgan fingerprint density at radius 3 is 2.54 bits per heavy atom. The van der Waals surface area contributed by atoms with Gasteiger partial charge in [-0.05, 0) is 30.4 Å². The number of hydrogen-bond donors (Lipinski definition) is 2. The summed E-state index contributed by atoms with van der Waals surface area (Å²) in [5.41, 5.74) is -1.02. The third kappa shape index (κ3) is 7.98. The van der Waals surface area contributed by atoms with E-state index in [-0.39, 0.29) is 41.9 Å². The second-order valence-electron chi connectivity index (χ2n) is 4.91. The van der Waals surface area contributed by atoms with Crippen LogP contribution in [0.3, 0.4) is 0 Å². The molecule has 0 aliphatic heterocycles. The van der Waals surface area contributed by atoms with Gasteiger partial charge in [-0.3, -0.25) is 9.59 Å². The number of ether oxygens (including phenoxy) is 2. The lowest BCUT2D eigenvalue weighted by atomic mass is 10.2. The highest BCUT2D eigenvalue weighted by Gasteiger charge is 2.31. The van der Waals surface area contributed by atoms with E-state index in [1.54, 1.807) is 0 Å². The number of carbonyl (C=O) groups excluding carboxylic acids is 2. The molecule has 11 heteroatoms. The third-order valence-corrected chi connectivity index (χ3v) is 3.44. The number of hydrogen-bond acceptors (Lipinski definition) is 5. The van der Waals surface area contributed by atoms with Crippen LogP contribution in [-0.2, 0) is 25.2 Å². The Bertz CT molecular complexity index is 671. The summed E-state index contributed by atoms with van der Waals surface area (Å²) in [5, 5.41) is 4.41. The molecule has 0 radical (unpaired) electrons. The molecular weight excluding hydrogens is 397 g/mol. The van der Waals surface area contributed by atoms with Crippen molar-refractivity contribution in [2.75, 3.05) is 25.6 Å². The lowest BCUT2D eigenvalue weighted by Crippen LogP contribution is -2.34. The van der Waals surface area contributed by atoms with E-state index >= 15 is 0 Å². The highest BCUT2D eigenvalue weighted by Crippen LogP contribution is 2.33. The van der Waals surface area contributed by atoms with Gasteiger partial charge in [0.25, 0.3) is 0 Å². The van der Waals surface area contributed by atoms with Crippen molar-refractivity contribution >= 4 is 46.5 Å². The van der Waals surface area contributed by atoms with Crippen LogP contribution in [-0.4, -0.2) is 37.3 Å². The molecule has 6 nitrogen and oxygen atoms in total. The Balaban J connectivity index is 2.51. The van der Waals surface area contributed by atoms with Gasteiger partial charge < -0.3 is 20.1 Å². The predicted molar refractivity (Wildman–Crippen MR) is 92.9 cm³/mol. The van der Waals surface area contributed by atoms with Crippen LogP contribution in [0.4, 0.5) is 18.9 Å². The Morgan fingerprint density at radius 1 is 1.23 bits per heavy atom. The first kappa shape index (κ1) is 22.1. The Morgan fingerprint density at radius 2 is 1.92 bits per heavy atom. The molecule has 0 saturated carbocycles. The molecule has 0 aliphatic rings. The van der Waals surface area contributed by atoms with Crippen molar-refractivity contribution in [3.05, 3.63) is 28.8 Å². The largest absolute Gasteiger partial charge is 0.463 e. The van der Waals surface area contributed by atoms with Gasteiger partial charge in [-0.15, -0.1) is 0 Å². The Kier molecular flexibility index (Phi) is 8.76. The second kappa shape index (κ2) is 10.3. The summed E-state index contributed by atoms with van der Waals surface area (Å²) in [4.78, 5) is 23.1. The molecule has 1 aromatic carbocycles. The van der Waals surface area contributed by atoms with Crippen molar-refractivity contribution in [3.8, 4) is 0 Å². The normalized spacial score (nSPS) is 11.0. The van der Waals surface area contributed by atoms with E-state index in [9.17, 15) is 22.8 Å². The minimum Gasteiger partial charge on any atom is -0.463 e. The van der Waals surface area contributed by atoms with E-state index in [1.807, 2.05) is 0 Å². The summed E-state index contributed by atoms with van der Waals surface area (Å²) in [7, 11) is 1.45. The van der Waals surface area contributed by atoms with Gasteiger partial charge in [-0.1, -0.05) is 11.6 Å². The number of esters is 1. The molecule has 0 aromatic heterocycles. The van der Waals surface area contributed by atoms with E-state index in [1.165, 1.54) is 7.11 Å². The van der Waals surface area contributed by atoms with Crippen LogP contribution in [0.25, 0.3) is 0 Å². The van der Waals surface area contributed by atoms with E-state index in [0.29, 0.717) is 0 Å². The van der Waals surface area contributed by atoms with Crippen LogP contribution >= 0.6 is 23.8 Å². The molecule has 0 saturated heterocycles. The zero-order valence-electron chi connectivity index (χ0n) is 13.6. The minimum absolute atomic E-state index is 0.00341. The molecule has 2 N–H and O–H groups in total. The van der Waals surface area contributed by atoms with Crippen LogP contribution in [0.5, 0.6) is 0 Å². The van der Waals surface area contributed by atoms with E-state index in [2.05, 4.69) is 10.6 Å². The first-order valence-corrected chi connectivity index (χ1v) is 8.04. The molecule has 1 rings (SSSR count). The predicted octanol–water partition coefficient (Wildman–Crippen LogP) is 3.14. The van der Waals surface area contributed by atoms with Crippen molar-refractivity contribution in [3.63, 3.8) is 0 Å². The van der Waals surface area contributed by atoms with Crippen molar-refractivity contribution < 1.29 is 32.2 Å². The monoisotopic (exact) mass is 412 g/mol. The van der Waals surface area contributed by atoms with Gasteiger partial charge in [0.05, 0.1) is 29.3 Å². The van der Waals surface area contributed by atoms with Crippen LogP contribution in [0, 0.1) is 0 Å². The number of halogens is 4. The highest BCUT2D eigenvalue weighted by molar-refractivity contribution is 7.80. The standard InChI is InChI=1S/C15H16ClF3N2O4S/c1-24-6-7-25-13(23)5-4-12(22)21-14(26)20-11-8-9(15(17,18)19)2-3-10(11)16/h2-3,8H,4-7H2,1H3,(H2,20,21,22,26). The number of methoxy groups -OCH3 is 1. The summed E-state index contributed by atoms with van der Waals surface area (Å²) in [6, 6.07) is 2.66. The average Bonchev–Trinajstić information content (AvgIpc) is 2.54. The van der Waals surface area contributed by atoms with Crippen molar-refractivity contribution in [2.45, 2.75) is 19.0 Å². The van der Waals surface area contributed by atoms with Gasteiger partial charge in [-0.25, -0.2) is 0 Å². The lowest BCUT2D eigenvalue weighted by Gasteiger charge is -2.13. The molecule has 0 heterocycles. The SMILES string of the molecule is COCCOC(=O)CCC(=O)NC(=S)Nc1cc(C(F)(F)F)ccc1Cl. The number of thiocarbonyl (C=S) groups is 1. The average molecular weight is 413 g/mol. The molecule has 26 heavy (non-hydrogen) atoms. The molecule has 1 aromatic rings. The second-order valence-corrected chi connectivity index (χ2v) is 5.72. The Labute approximate surface area is 158 Å². The van der Waals surface area contributed by atoms with Crippen LogP contribution in [0.15, 0.2) is 18.2 Å². The number of anilines is 1. The van der Waals surface area contributed by atoms with Gasteiger partial charge in [0.1, 0.15) is 6.61 Å². The number of amides is 1. The number of carbonyl (C=O) groups is 2. The molecule has 0 unspecified atom stereocenters. The molecule has 0 spiro atoms.